The molecule has 0 atom stereocenters. The molecule has 0 spiro atoms. The summed E-state index contributed by atoms with van der Waals surface area (Å²) in [6.45, 7) is 5.17. The summed E-state index contributed by atoms with van der Waals surface area (Å²) in [7, 11) is -1.31. The molecule has 1 aliphatic rings. The summed E-state index contributed by atoms with van der Waals surface area (Å²) in [6, 6.07) is 0. The first kappa shape index (κ1) is 13.9. The monoisotopic (exact) mass is 250 g/mol. The van der Waals surface area contributed by atoms with Crippen molar-refractivity contribution in [2.75, 3.05) is 26.8 Å². The van der Waals surface area contributed by atoms with Gasteiger partial charge in [-0.25, -0.2) is 13.1 Å². The SMILES string of the molecule is CNC1(CNS(=O)(=O)C(C)C)CCOCC1. The Morgan fingerprint density at radius 2 is 1.88 bits per heavy atom. The molecule has 0 saturated carbocycles. The van der Waals surface area contributed by atoms with Gasteiger partial charge in [-0.15, -0.1) is 0 Å². The van der Waals surface area contributed by atoms with Crippen LogP contribution < -0.4 is 10.0 Å². The number of hydrogen-bond donors (Lipinski definition) is 2. The van der Waals surface area contributed by atoms with Gasteiger partial charge in [-0.05, 0) is 33.7 Å². The lowest BCUT2D eigenvalue weighted by Crippen LogP contribution is -2.55. The molecule has 0 bridgehead atoms. The van der Waals surface area contributed by atoms with Crippen LogP contribution in [-0.2, 0) is 14.8 Å². The van der Waals surface area contributed by atoms with E-state index in [4.69, 9.17) is 4.74 Å². The average Bonchev–Trinajstić information content (AvgIpc) is 2.28. The molecule has 0 amide bonds. The zero-order valence-corrected chi connectivity index (χ0v) is 11.1. The molecule has 0 radical (unpaired) electrons. The van der Waals surface area contributed by atoms with Crippen molar-refractivity contribution in [3.8, 4) is 0 Å². The van der Waals surface area contributed by atoms with E-state index in [1.807, 2.05) is 7.05 Å². The minimum atomic E-state index is -3.18. The quantitative estimate of drug-likeness (QED) is 0.725. The van der Waals surface area contributed by atoms with Crippen LogP contribution in [0.1, 0.15) is 26.7 Å². The number of ether oxygens (including phenoxy) is 1. The van der Waals surface area contributed by atoms with Gasteiger partial charge in [-0.3, -0.25) is 0 Å². The van der Waals surface area contributed by atoms with Crippen molar-refractivity contribution in [1.29, 1.82) is 0 Å². The standard InChI is InChI=1S/C10H22N2O3S/c1-9(2)16(13,14)12-8-10(11-3)4-6-15-7-5-10/h9,11-12H,4-8H2,1-3H3. The normalized spacial score (nSPS) is 21.2. The molecule has 0 aromatic heterocycles. The van der Waals surface area contributed by atoms with Gasteiger partial charge < -0.3 is 10.1 Å². The number of nitrogens with one attached hydrogen (secondary N) is 2. The van der Waals surface area contributed by atoms with Crippen LogP contribution in [0.25, 0.3) is 0 Å². The van der Waals surface area contributed by atoms with Gasteiger partial charge in [0.15, 0.2) is 0 Å². The van der Waals surface area contributed by atoms with Crippen LogP contribution in [0, 0.1) is 0 Å². The Hall–Kier alpha value is -0.170. The van der Waals surface area contributed by atoms with E-state index in [0.29, 0.717) is 19.8 Å². The van der Waals surface area contributed by atoms with Crippen LogP contribution in [-0.4, -0.2) is 46.0 Å². The molecule has 0 aromatic rings. The molecule has 96 valence electrons. The van der Waals surface area contributed by atoms with Crippen molar-refractivity contribution in [3.63, 3.8) is 0 Å². The third-order valence-electron chi connectivity index (χ3n) is 3.21. The Bertz CT molecular complexity index is 308. The van der Waals surface area contributed by atoms with E-state index in [1.54, 1.807) is 13.8 Å². The lowest BCUT2D eigenvalue weighted by atomic mass is 9.90. The predicted molar refractivity (Wildman–Crippen MR) is 63.9 cm³/mol. The van der Waals surface area contributed by atoms with Gasteiger partial charge >= 0.3 is 0 Å². The highest BCUT2D eigenvalue weighted by molar-refractivity contribution is 7.90. The number of hydrogen-bond acceptors (Lipinski definition) is 4. The fourth-order valence-corrected chi connectivity index (χ4v) is 2.49. The van der Waals surface area contributed by atoms with Crippen LogP contribution in [0.5, 0.6) is 0 Å². The third-order valence-corrected chi connectivity index (χ3v) is 5.00. The largest absolute Gasteiger partial charge is 0.381 e. The van der Waals surface area contributed by atoms with Crippen molar-refractivity contribution in [2.24, 2.45) is 0 Å². The van der Waals surface area contributed by atoms with Crippen molar-refractivity contribution in [3.05, 3.63) is 0 Å². The Balaban J connectivity index is 2.58. The molecule has 5 nitrogen and oxygen atoms in total. The molecule has 1 aliphatic heterocycles. The van der Waals surface area contributed by atoms with Gasteiger partial charge in [0.25, 0.3) is 0 Å². The molecule has 16 heavy (non-hydrogen) atoms. The second-order valence-corrected chi connectivity index (χ2v) is 6.88. The lowest BCUT2D eigenvalue weighted by molar-refractivity contribution is 0.0431. The predicted octanol–water partition coefficient (Wildman–Crippen LogP) is 0.0828. The summed E-state index contributed by atoms with van der Waals surface area (Å²) in [5.41, 5.74) is -0.153. The molecule has 2 N–H and O–H groups in total. The van der Waals surface area contributed by atoms with E-state index in [1.165, 1.54) is 0 Å². The van der Waals surface area contributed by atoms with Crippen LogP contribution in [0.15, 0.2) is 0 Å². The Labute approximate surface area is 98.0 Å². The number of rotatable bonds is 5. The molecular weight excluding hydrogens is 228 g/mol. The summed E-state index contributed by atoms with van der Waals surface area (Å²) >= 11 is 0. The molecule has 1 rings (SSSR count). The number of sulfonamides is 1. The van der Waals surface area contributed by atoms with E-state index in [9.17, 15) is 8.42 Å². The number of likely N-dealkylation sites (N-methyl/N-ethyl adjacent to an activating group) is 1. The smallest absolute Gasteiger partial charge is 0.213 e. The van der Waals surface area contributed by atoms with E-state index < -0.39 is 10.0 Å². The molecule has 1 saturated heterocycles. The second kappa shape index (κ2) is 5.44. The lowest BCUT2D eigenvalue weighted by Gasteiger charge is -2.37. The zero-order valence-electron chi connectivity index (χ0n) is 10.2. The summed E-state index contributed by atoms with van der Waals surface area (Å²) in [6.07, 6.45) is 1.67. The van der Waals surface area contributed by atoms with E-state index >= 15 is 0 Å². The summed E-state index contributed by atoms with van der Waals surface area (Å²) < 4.78 is 31.3. The highest BCUT2D eigenvalue weighted by Gasteiger charge is 2.32. The third kappa shape index (κ3) is 3.41. The topological polar surface area (TPSA) is 67.4 Å². The van der Waals surface area contributed by atoms with Crippen LogP contribution in [0.2, 0.25) is 0 Å². The zero-order chi connectivity index (χ0) is 12.2. The van der Waals surface area contributed by atoms with Gasteiger partial charge in [-0.1, -0.05) is 0 Å². The van der Waals surface area contributed by atoms with Gasteiger partial charge in [-0.2, -0.15) is 0 Å². The minimum Gasteiger partial charge on any atom is -0.381 e. The average molecular weight is 250 g/mol. The van der Waals surface area contributed by atoms with Gasteiger partial charge in [0.1, 0.15) is 0 Å². The maximum Gasteiger partial charge on any atom is 0.213 e. The molecule has 0 unspecified atom stereocenters. The highest BCUT2D eigenvalue weighted by Crippen LogP contribution is 2.19. The summed E-state index contributed by atoms with van der Waals surface area (Å²) in [4.78, 5) is 0. The first-order valence-corrected chi connectivity index (χ1v) is 7.22. The molecular formula is C10H22N2O3S. The Kier molecular flexibility index (Phi) is 4.73. The summed E-state index contributed by atoms with van der Waals surface area (Å²) in [5.74, 6) is 0. The van der Waals surface area contributed by atoms with Gasteiger partial charge in [0.05, 0.1) is 5.25 Å². The van der Waals surface area contributed by atoms with Gasteiger partial charge in [0.2, 0.25) is 10.0 Å². The maximum atomic E-state index is 11.7. The summed E-state index contributed by atoms with van der Waals surface area (Å²) in [5, 5.41) is 2.83. The van der Waals surface area contributed by atoms with Crippen LogP contribution in [0.4, 0.5) is 0 Å². The highest BCUT2D eigenvalue weighted by atomic mass is 32.2. The minimum absolute atomic E-state index is 0.153. The Morgan fingerprint density at radius 1 is 1.31 bits per heavy atom. The fourth-order valence-electron chi connectivity index (χ4n) is 1.68. The molecule has 0 aliphatic carbocycles. The second-order valence-electron chi connectivity index (χ2n) is 4.56. The van der Waals surface area contributed by atoms with E-state index in [-0.39, 0.29) is 10.8 Å². The fraction of sp³-hybridized carbons (Fsp3) is 1.00. The van der Waals surface area contributed by atoms with Crippen LogP contribution >= 0.6 is 0 Å². The van der Waals surface area contributed by atoms with Crippen molar-refractivity contribution < 1.29 is 13.2 Å². The van der Waals surface area contributed by atoms with Crippen molar-refractivity contribution in [2.45, 2.75) is 37.5 Å². The maximum absolute atomic E-state index is 11.7. The van der Waals surface area contributed by atoms with Gasteiger partial charge in [0, 0.05) is 25.3 Å². The van der Waals surface area contributed by atoms with Crippen molar-refractivity contribution >= 4 is 10.0 Å². The van der Waals surface area contributed by atoms with Crippen molar-refractivity contribution in [1.82, 2.24) is 10.0 Å². The van der Waals surface area contributed by atoms with E-state index in [0.717, 1.165) is 12.8 Å². The first-order chi connectivity index (χ1) is 7.42. The molecule has 1 fully saturated rings. The Morgan fingerprint density at radius 3 is 2.31 bits per heavy atom. The molecule has 6 heteroatoms. The van der Waals surface area contributed by atoms with E-state index in [2.05, 4.69) is 10.0 Å². The molecule has 1 heterocycles. The van der Waals surface area contributed by atoms with Crippen LogP contribution in [0.3, 0.4) is 0 Å². The first-order valence-electron chi connectivity index (χ1n) is 5.67. The molecule has 0 aromatic carbocycles.